The highest BCUT2D eigenvalue weighted by molar-refractivity contribution is 5.62. The minimum atomic E-state index is -3.13. The normalized spacial score (nSPS) is 22.3. The molecule has 19 heavy (non-hydrogen) atoms. The highest BCUT2D eigenvalue weighted by Crippen LogP contribution is 2.40. The maximum atomic E-state index is 14.0. The van der Waals surface area contributed by atoms with E-state index in [1.165, 1.54) is 6.07 Å². The van der Waals surface area contributed by atoms with Crippen molar-refractivity contribution in [2.24, 2.45) is 0 Å². The molecular weight excluding hydrogens is 256 g/mol. The number of likely N-dealkylation sites (tertiary alicyclic amines) is 1. The highest BCUT2D eigenvalue weighted by atomic mass is 19.3. The first-order chi connectivity index (χ1) is 8.94. The van der Waals surface area contributed by atoms with E-state index < -0.39 is 24.5 Å². The number of aliphatic hydroxyl groups is 1. The predicted molar refractivity (Wildman–Crippen MR) is 61.6 cm³/mol. The highest BCUT2D eigenvalue weighted by Gasteiger charge is 2.45. The van der Waals surface area contributed by atoms with Crippen LogP contribution in [0.15, 0.2) is 24.3 Å². The van der Waals surface area contributed by atoms with E-state index in [0.717, 1.165) is 0 Å². The van der Waals surface area contributed by atoms with Gasteiger partial charge in [-0.3, -0.25) is 0 Å². The Labute approximate surface area is 109 Å². The Bertz CT molecular complexity index is 479. The number of amides is 1. The van der Waals surface area contributed by atoms with Gasteiger partial charge in [-0.15, -0.1) is 0 Å². The molecule has 1 heterocycles. The quantitative estimate of drug-likeness (QED) is 0.870. The zero-order valence-electron chi connectivity index (χ0n) is 10.2. The third kappa shape index (κ3) is 2.84. The molecule has 1 aromatic rings. The zero-order chi connectivity index (χ0) is 14.0. The summed E-state index contributed by atoms with van der Waals surface area (Å²) in [5, 5.41) is 19.7. The SMILES string of the molecule is O=C([O-])N1CCC(c2cccc(CO)c2)C(F)(F)C1. The lowest BCUT2D eigenvalue weighted by Crippen LogP contribution is -2.53. The summed E-state index contributed by atoms with van der Waals surface area (Å²) < 4.78 is 28.0. The number of carboxylic acid groups (broad SMARTS) is 1. The summed E-state index contributed by atoms with van der Waals surface area (Å²) in [6.45, 7) is -1.02. The minimum Gasteiger partial charge on any atom is -0.530 e. The number of rotatable bonds is 2. The fraction of sp³-hybridized carbons (Fsp3) is 0.462. The van der Waals surface area contributed by atoms with Crippen molar-refractivity contribution in [1.29, 1.82) is 0 Å². The van der Waals surface area contributed by atoms with E-state index in [1.807, 2.05) is 0 Å². The number of hydrogen-bond acceptors (Lipinski definition) is 3. The van der Waals surface area contributed by atoms with Gasteiger partial charge in [0.15, 0.2) is 0 Å². The monoisotopic (exact) mass is 270 g/mol. The molecule has 1 atom stereocenters. The summed E-state index contributed by atoms with van der Waals surface area (Å²) >= 11 is 0. The lowest BCUT2D eigenvalue weighted by Gasteiger charge is -2.39. The zero-order valence-corrected chi connectivity index (χ0v) is 10.2. The summed E-state index contributed by atoms with van der Waals surface area (Å²) in [5.74, 6) is -4.17. The summed E-state index contributed by atoms with van der Waals surface area (Å²) in [6.07, 6.45) is -1.53. The van der Waals surface area contributed by atoms with Gasteiger partial charge in [0.25, 0.3) is 5.92 Å². The van der Waals surface area contributed by atoms with Crippen molar-refractivity contribution in [3.05, 3.63) is 35.4 Å². The number of halogens is 2. The third-order valence-corrected chi connectivity index (χ3v) is 3.39. The number of piperidine rings is 1. The first-order valence-electron chi connectivity index (χ1n) is 5.97. The second-order valence-corrected chi connectivity index (χ2v) is 4.69. The molecule has 1 aromatic carbocycles. The van der Waals surface area contributed by atoms with Gasteiger partial charge in [0.05, 0.1) is 19.1 Å². The number of alkyl halides is 2. The Morgan fingerprint density at radius 2 is 2.26 bits per heavy atom. The van der Waals surface area contributed by atoms with E-state index >= 15 is 0 Å². The van der Waals surface area contributed by atoms with Crippen molar-refractivity contribution in [3.63, 3.8) is 0 Å². The van der Waals surface area contributed by atoms with Crippen LogP contribution < -0.4 is 5.11 Å². The van der Waals surface area contributed by atoms with Crippen LogP contribution in [-0.4, -0.2) is 35.1 Å². The predicted octanol–water partition coefficient (Wildman–Crippen LogP) is 0.947. The van der Waals surface area contributed by atoms with E-state index in [-0.39, 0.29) is 19.6 Å². The molecular formula is C13H14F2NO3-. The molecule has 1 fully saturated rings. The number of hydrogen-bond donors (Lipinski definition) is 1. The van der Waals surface area contributed by atoms with Crippen molar-refractivity contribution in [3.8, 4) is 0 Å². The van der Waals surface area contributed by atoms with Crippen molar-refractivity contribution in [2.75, 3.05) is 13.1 Å². The number of aliphatic hydroxyl groups excluding tert-OH is 1. The number of benzene rings is 1. The largest absolute Gasteiger partial charge is 0.530 e. The van der Waals surface area contributed by atoms with Gasteiger partial charge in [0.1, 0.15) is 6.09 Å². The van der Waals surface area contributed by atoms with Crippen LogP contribution in [0.4, 0.5) is 13.6 Å². The van der Waals surface area contributed by atoms with Crippen LogP contribution in [0.1, 0.15) is 23.5 Å². The standard InChI is InChI=1S/C13H15F2NO3/c14-13(15)8-16(12(18)19)5-4-11(13)10-3-1-2-9(6-10)7-17/h1-3,6,11,17H,4-5,7-8H2,(H,18,19)/p-1. The van der Waals surface area contributed by atoms with Crippen LogP contribution in [0.3, 0.4) is 0 Å². The van der Waals surface area contributed by atoms with E-state index in [4.69, 9.17) is 5.11 Å². The van der Waals surface area contributed by atoms with Crippen LogP contribution in [-0.2, 0) is 6.61 Å². The first kappa shape index (κ1) is 13.7. The Morgan fingerprint density at radius 3 is 2.84 bits per heavy atom. The molecule has 1 N–H and O–H groups in total. The Balaban J connectivity index is 2.23. The van der Waals surface area contributed by atoms with Crippen LogP contribution in [0.25, 0.3) is 0 Å². The average Bonchev–Trinajstić information content (AvgIpc) is 2.37. The summed E-state index contributed by atoms with van der Waals surface area (Å²) in [6, 6.07) is 6.37. The van der Waals surface area contributed by atoms with Crippen LogP contribution >= 0.6 is 0 Å². The van der Waals surface area contributed by atoms with Gasteiger partial charge in [0, 0.05) is 6.54 Å². The summed E-state index contributed by atoms with van der Waals surface area (Å²) in [5.41, 5.74) is 0.991. The molecule has 0 spiro atoms. The van der Waals surface area contributed by atoms with Gasteiger partial charge in [-0.2, -0.15) is 0 Å². The molecule has 0 radical (unpaired) electrons. The second kappa shape index (κ2) is 5.13. The van der Waals surface area contributed by atoms with Gasteiger partial charge in [-0.05, 0) is 17.5 Å². The lowest BCUT2D eigenvalue weighted by atomic mass is 9.85. The molecule has 0 bridgehead atoms. The smallest absolute Gasteiger partial charge is 0.272 e. The maximum Gasteiger partial charge on any atom is 0.272 e. The molecule has 0 saturated carbocycles. The second-order valence-electron chi connectivity index (χ2n) is 4.69. The maximum absolute atomic E-state index is 14.0. The van der Waals surface area contributed by atoms with Gasteiger partial charge < -0.3 is 19.9 Å². The molecule has 1 unspecified atom stereocenters. The minimum absolute atomic E-state index is 0.0337. The van der Waals surface area contributed by atoms with Gasteiger partial charge in [-0.25, -0.2) is 8.78 Å². The van der Waals surface area contributed by atoms with E-state index in [2.05, 4.69) is 0 Å². The van der Waals surface area contributed by atoms with Crippen molar-refractivity contribution in [1.82, 2.24) is 4.90 Å². The molecule has 0 aromatic heterocycles. The first-order valence-corrected chi connectivity index (χ1v) is 5.97. The van der Waals surface area contributed by atoms with E-state index in [1.54, 1.807) is 18.2 Å². The Hall–Kier alpha value is -1.69. The molecule has 0 aliphatic carbocycles. The lowest BCUT2D eigenvalue weighted by molar-refractivity contribution is -0.271. The Morgan fingerprint density at radius 1 is 1.53 bits per heavy atom. The van der Waals surface area contributed by atoms with Gasteiger partial charge >= 0.3 is 0 Å². The molecule has 1 saturated heterocycles. The molecule has 1 aliphatic rings. The van der Waals surface area contributed by atoms with Crippen molar-refractivity contribution in [2.45, 2.75) is 24.9 Å². The number of carbonyl (C=O) groups is 1. The molecule has 104 valence electrons. The van der Waals surface area contributed by atoms with E-state index in [0.29, 0.717) is 16.0 Å². The van der Waals surface area contributed by atoms with Crippen LogP contribution in [0, 0.1) is 0 Å². The van der Waals surface area contributed by atoms with Crippen molar-refractivity contribution >= 4 is 6.09 Å². The van der Waals surface area contributed by atoms with Gasteiger partial charge in [-0.1, -0.05) is 24.3 Å². The molecule has 1 aliphatic heterocycles. The van der Waals surface area contributed by atoms with Crippen LogP contribution in [0.5, 0.6) is 0 Å². The summed E-state index contributed by atoms with van der Waals surface area (Å²) in [7, 11) is 0. The topological polar surface area (TPSA) is 63.6 Å². The third-order valence-electron chi connectivity index (χ3n) is 3.39. The Kier molecular flexibility index (Phi) is 3.71. The van der Waals surface area contributed by atoms with E-state index in [9.17, 15) is 18.7 Å². The van der Waals surface area contributed by atoms with Gasteiger partial charge in [0.2, 0.25) is 0 Å². The molecule has 2 rings (SSSR count). The average molecular weight is 270 g/mol. The number of carbonyl (C=O) groups excluding carboxylic acids is 1. The molecule has 6 heteroatoms. The number of nitrogens with zero attached hydrogens (tertiary/aromatic N) is 1. The van der Waals surface area contributed by atoms with Crippen LogP contribution in [0.2, 0.25) is 0 Å². The summed E-state index contributed by atoms with van der Waals surface area (Å²) in [4.78, 5) is 11.3. The fourth-order valence-corrected chi connectivity index (χ4v) is 2.41. The molecule has 4 nitrogen and oxygen atoms in total. The fourth-order valence-electron chi connectivity index (χ4n) is 2.41. The molecule has 1 amide bonds. The van der Waals surface area contributed by atoms with Crippen molar-refractivity contribution < 1.29 is 23.8 Å².